The number of aliphatic carboxylic acids is 1. The quantitative estimate of drug-likeness (QED) is 0.890. The molecule has 1 amide bonds. The Balaban J connectivity index is 1.73. The van der Waals surface area contributed by atoms with E-state index in [9.17, 15) is 14.7 Å². The first-order valence-corrected chi connectivity index (χ1v) is 7.89. The first kappa shape index (κ1) is 15.5. The van der Waals surface area contributed by atoms with Crippen LogP contribution in [0.25, 0.3) is 10.8 Å². The molecule has 2 aromatic rings. The third-order valence-electron chi connectivity index (χ3n) is 4.31. The fourth-order valence-electron chi connectivity index (χ4n) is 3.14. The SMILES string of the molecule is O=C(C[C@H](C(=O)O)N1CCCC1)Nc1cccc2ccccc12. The number of carboxylic acids is 1. The van der Waals surface area contributed by atoms with Crippen LogP contribution in [0, 0.1) is 0 Å². The number of anilines is 1. The number of carbonyl (C=O) groups is 2. The number of carboxylic acid groups (broad SMARTS) is 1. The maximum atomic E-state index is 12.3. The van der Waals surface area contributed by atoms with Gasteiger partial charge in [-0.2, -0.15) is 0 Å². The summed E-state index contributed by atoms with van der Waals surface area (Å²) in [5.41, 5.74) is 0.721. The number of fused-ring (bicyclic) bond motifs is 1. The Morgan fingerprint density at radius 2 is 1.78 bits per heavy atom. The van der Waals surface area contributed by atoms with Crippen molar-refractivity contribution in [2.75, 3.05) is 18.4 Å². The van der Waals surface area contributed by atoms with Gasteiger partial charge in [0.25, 0.3) is 0 Å². The molecule has 0 unspecified atom stereocenters. The zero-order chi connectivity index (χ0) is 16.2. The van der Waals surface area contributed by atoms with Crippen LogP contribution < -0.4 is 5.32 Å². The van der Waals surface area contributed by atoms with Gasteiger partial charge in [0.2, 0.25) is 5.91 Å². The maximum Gasteiger partial charge on any atom is 0.321 e. The third-order valence-corrected chi connectivity index (χ3v) is 4.31. The van der Waals surface area contributed by atoms with Crippen LogP contribution in [0.5, 0.6) is 0 Å². The number of nitrogens with one attached hydrogen (secondary N) is 1. The van der Waals surface area contributed by atoms with Gasteiger partial charge in [0.15, 0.2) is 0 Å². The summed E-state index contributed by atoms with van der Waals surface area (Å²) in [5, 5.41) is 14.3. The highest BCUT2D eigenvalue weighted by molar-refractivity contribution is 6.03. The molecule has 0 aliphatic carbocycles. The number of hydrogen-bond acceptors (Lipinski definition) is 3. The van der Waals surface area contributed by atoms with Crippen molar-refractivity contribution in [3.63, 3.8) is 0 Å². The molecule has 1 heterocycles. The zero-order valence-electron chi connectivity index (χ0n) is 12.9. The highest BCUT2D eigenvalue weighted by Gasteiger charge is 2.30. The Labute approximate surface area is 134 Å². The summed E-state index contributed by atoms with van der Waals surface area (Å²) in [6.45, 7) is 1.50. The van der Waals surface area contributed by atoms with Crippen molar-refractivity contribution < 1.29 is 14.7 Å². The Hall–Kier alpha value is -2.40. The van der Waals surface area contributed by atoms with Gasteiger partial charge in [-0.15, -0.1) is 0 Å². The van der Waals surface area contributed by atoms with Crippen molar-refractivity contribution >= 4 is 28.3 Å². The van der Waals surface area contributed by atoms with Crippen LogP contribution in [-0.2, 0) is 9.59 Å². The minimum atomic E-state index is -0.931. The molecule has 23 heavy (non-hydrogen) atoms. The lowest BCUT2D eigenvalue weighted by Crippen LogP contribution is -2.41. The van der Waals surface area contributed by atoms with Crippen molar-refractivity contribution in [1.82, 2.24) is 4.90 Å². The van der Waals surface area contributed by atoms with Gasteiger partial charge in [-0.3, -0.25) is 14.5 Å². The second kappa shape index (κ2) is 6.79. The lowest BCUT2D eigenvalue weighted by atomic mass is 10.1. The summed E-state index contributed by atoms with van der Waals surface area (Å²) >= 11 is 0. The number of amides is 1. The molecule has 0 bridgehead atoms. The highest BCUT2D eigenvalue weighted by Crippen LogP contribution is 2.23. The van der Waals surface area contributed by atoms with E-state index in [0.29, 0.717) is 0 Å². The third kappa shape index (κ3) is 3.51. The summed E-state index contributed by atoms with van der Waals surface area (Å²) in [7, 11) is 0. The Kier molecular flexibility index (Phi) is 4.57. The number of nitrogens with zero attached hydrogens (tertiary/aromatic N) is 1. The molecule has 0 spiro atoms. The maximum absolute atomic E-state index is 12.3. The molecular formula is C18H20N2O3. The molecule has 1 fully saturated rings. The van der Waals surface area contributed by atoms with Crippen LogP contribution in [0.15, 0.2) is 42.5 Å². The molecule has 0 aromatic heterocycles. The van der Waals surface area contributed by atoms with Crippen molar-refractivity contribution in [2.45, 2.75) is 25.3 Å². The van der Waals surface area contributed by atoms with Gasteiger partial charge in [0, 0.05) is 11.1 Å². The van der Waals surface area contributed by atoms with Crippen molar-refractivity contribution in [3.05, 3.63) is 42.5 Å². The predicted molar refractivity (Wildman–Crippen MR) is 89.4 cm³/mol. The number of rotatable bonds is 5. The van der Waals surface area contributed by atoms with Crippen LogP contribution in [0.1, 0.15) is 19.3 Å². The predicted octanol–water partition coefficient (Wildman–Crippen LogP) is 2.72. The molecule has 0 radical (unpaired) electrons. The highest BCUT2D eigenvalue weighted by atomic mass is 16.4. The topological polar surface area (TPSA) is 69.6 Å². The molecule has 120 valence electrons. The number of benzene rings is 2. The van der Waals surface area contributed by atoms with Gasteiger partial charge in [-0.1, -0.05) is 36.4 Å². The van der Waals surface area contributed by atoms with Crippen molar-refractivity contribution in [3.8, 4) is 0 Å². The largest absolute Gasteiger partial charge is 0.480 e. The second-order valence-corrected chi connectivity index (χ2v) is 5.88. The molecule has 1 saturated heterocycles. The van der Waals surface area contributed by atoms with E-state index in [2.05, 4.69) is 5.32 Å². The Bertz CT molecular complexity index is 718. The zero-order valence-corrected chi connectivity index (χ0v) is 12.9. The fourth-order valence-corrected chi connectivity index (χ4v) is 3.14. The molecule has 3 rings (SSSR count). The Morgan fingerprint density at radius 1 is 1.09 bits per heavy atom. The minimum absolute atomic E-state index is 0.0292. The second-order valence-electron chi connectivity index (χ2n) is 5.88. The van der Waals surface area contributed by atoms with E-state index in [1.165, 1.54) is 0 Å². The normalized spacial score (nSPS) is 16.3. The van der Waals surface area contributed by atoms with E-state index in [1.807, 2.05) is 47.4 Å². The van der Waals surface area contributed by atoms with Crippen LogP contribution in [0.2, 0.25) is 0 Å². The summed E-state index contributed by atoms with van der Waals surface area (Å²) in [6, 6.07) is 12.8. The monoisotopic (exact) mass is 312 g/mol. The van der Waals surface area contributed by atoms with Gasteiger partial charge in [0.05, 0.1) is 6.42 Å². The molecule has 5 heteroatoms. The van der Waals surface area contributed by atoms with Crippen LogP contribution in [0.4, 0.5) is 5.69 Å². The van der Waals surface area contributed by atoms with Crippen molar-refractivity contribution in [1.29, 1.82) is 0 Å². The van der Waals surface area contributed by atoms with E-state index in [0.717, 1.165) is 42.4 Å². The number of hydrogen-bond donors (Lipinski definition) is 2. The summed E-state index contributed by atoms with van der Waals surface area (Å²) < 4.78 is 0. The lowest BCUT2D eigenvalue weighted by Gasteiger charge is -2.23. The van der Waals surface area contributed by atoms with Gasteiger partial charge >= 0.3 is 5.97 Å². The molecule has 2 aromatic carbocycles. The molecule has 1 aliphatic rings. The van der Waals surface area contributed by atoms with Crippen LogP contribution >= 0.6 is 0 Å². The average molecular weight is 312 g/mol. The lowest BCUT2D eigenvalue weighted by molar-refractivity contribution is -0.144. The summed E-state index contributed by atoms with van der Waals surface area (Å²) in [6.07, 6.45) is 1.96. The van der Waals surface area contributed by atoms with Gasteiger partial charge in [-0.05, 0) is 37.4 Å². The van der Waals surface area contributed by atoms with E-state index in [4.69, 9.17) is 0 Å². The minimum Gasteiger partial charge on any atom is -0.480 e. The van der Waals surface area contributed by atoms with E-state index in [1.54, 1.807) is 0 Å². The molecular weight excluding hydrogens is 292 g/mol. The van der Waals surface area contributed by atoms with Gasteiger partial charge in [0.1, 0.15) is 6.04 Å². The van der Waals surface area contributed by atoms with E-state index < -0.39 is 12.0 Å². The van der Waals surface area contributed by atoms with Crippen LogP contribution in [0.3, 0.4) is 0 Å². The standard InChI is InChI=1S/C18H20N2O3/c21-17(12-16(18(22)23)20-10-3-4-11-20)19-15-9-5-7-13-6-1-2-8-14(13)15/h1-2,5-9,16H,3-4,10-12H2,(H,19,21)(H,22,23)/t16-/m1/s1. The molecule has 1 aliphatic heterocycles. The molecule has 5 nitrogen and oxygen atoms in total. The number of likely N-dealkylation sites (tertiary alicyclic amines) is 1. The van der Waals surface area contributed by atoms with E-state index in [-0.39, 0.29) is 12.3 Å². The van der Waals surface area contributed by atoms with Crippen LogP contribution in [-0.4, -0.2) is 41.0 Å². The Morgan fingerprint density at radius 3 is 2.52 bits per heavy atom. The molecule has 1 atom stereocenters. The molecule has 0 saturated carbocycles. The first-order chi connectivity index (χ1) is 11.1. The number of carbonyl (C=O) groups excluding carboxylic acids is 1. The summed E-state index contributed by atoms with van der Waals surface area (Å²) in [5.74, 6) is -1.19. The average Bonchev–Trinajstić information content (AvgIpc) is 3.07. The van der Waals surface area contributed by atoms with E-state index >= 15 is 0 Å². The van der Waals surface area contributed by atoms with Crippen molar-refractivity contribution in [2.24, 2.45) is 0 Å². The first-order valence-electron chi connectivity index (χ1n) is 7.89. The fraction of sp³-hybridized carbons (Fsp3) is 0.333. The smallest absolute Gasteiger partial charge is 0.321 e. The van der Waals surface area contributed by atoms with Gasteiger partial charge < -0.3 is 10.4 Å². The summed E-state index contributed by atoms with van der Waals surface area (Å²) in [4.78, 5) is 25.7. The van der Waals surface area contributed by atoms with Gasteiger partial charge in [-0.25, -0.2) is 0 Å². The molecule has 2 N–H and O–H groups in total.